The van der Waals surface area contributed by atoms with E-state index in [2.05, 4.69) is 135 Å². The average Bonchev–Trinajstić information content (AvgIpc) is 3.42. The van der Waals surface area contributed by atoms with E-state index in [1.807, 2.05) is 21.1 Å². The number of aliphatic carboxylic acids is 1. The number of carbonyl (C=O) groups is 3. The second kappa shape index (κ2) is 59.8. The first-order valence-electron chi connectivity index (χ1n) is 31.7. The fourth-order valence-corrected chi connectivity index (χ4v) is 8.39. The minimum Gasteiger partial charge on any atom is -0.477 e. The lowest BCUT2D eigenvalue weighted by Crippen LogP contribution is -2.40. The number of unbranched alkanes of at least 4 members (excludes halogenated alkanes) is 22. The third-order valence-electron chi connectivity index (χ3n) is 13.2. The van der Waals surface area contributed by atoms with Gasteiger partial charge >= 0.3 is 17.9 Å². The summed E-state index contributed by atoms with van der Waals surface area (Å²) in [5, 5.41) is 9.72. The quantitative estimate of drug-likeness (QED) is 0.0211. The zero-order valence-corrected chi connectivity index (χ0v) is 51.2. The molecule has 0 saturated heterocycles. The van der Waals surface area contributed by atoms with Gasteiger partial charge in [0.2, 0.25) is 0 Å². The Morgan fingerprint density at radius 3 is 1.08 bits per heavy atom. The first-order chi connectivity index (χ1) is 38.6. The molecule has 450 valence electrons. The first-order valence-corrected chi connectivity index (χ1v) is 31.7. The van der Waals surface area contributed by atoms with Crippen LogP contribution in [0.15, 0.2) is 122 Å². The van der Waals surface area contributed by atoms with Crippen molar-refractivity contribution in [2.24, 2.45) is 0 Å². The monoisotopic (exact) mass is 1100 g/mol. The van der Waals surface area contributed by atoms with Crippen molar-refractivity contribution >= 4 is 17.9 Å². The number of allylic oxidation sites excluding steroid dienone is 20. The highest BCUT2D eigenvalue weighted by Crippen LogP contribution is 2.16. The van der Waals surface area contributed by atoms with Gasteiger partial charge in [-0.1, -0.05) is 264 Å². The Hall–Kier alpha value is -4.31. The first kappa shape index (κ1) is 74.7. The molecule has 0 aliphatic heterocycles. The van der Waals surface area contributed by atoms with Crippen molar-refractivity contribution in [2.75, 3.05) is 47.5 Å². The Morgan fingerprint density at radius 2 is 0.722 bits per heavy atom. The summed E-state index contributed by atoms with van der Waals surface area (Å²) in [4.78, 5) is 37.5. The zero-order chi connectivity index (χ0) is 57.6. The van der Waals surface area contributed by atoms with Crippen LogP contribution >= 0.6 is 0 Å². The fourth-order valence-electron chi connectivity index (χ4n) is 8.39. The predicted molar refractivity (Wildman–Crippen MR) is 336 cm³/mol. The Labute approximate surface area is 485 Å². The summed E-state index contributed by atoms with van der Waals surface area (Å²) >= 11 is 0. The van der Waals surface area contributed by atoms with Crippen LogP contribution in [0.5, 0.6) is 0 Å². The summed E-state index contributed by atoms with van der Waals surface area (Å²) in [7, 11) is 5.95. The van der Waals surface area contributed by atoms with E-state index >= 15 is 0 Å². The lowest BCUT2D eigenvalue weighted by Gasteiger charge is -2.25. The number of hydrogen-bond acceptors (Lipinski definition) is 7. The van der Waals surface area contributed by atoms with E-state index in [9.17, 15) is 19.5 Å². The van der Waals surface area contributed by atoms with Gasteiger partial charge in [-0.3, -0.25) is 9.59 Å². The van der Waals surface area contributed by atoms with Crippen molar-refractivity contribution in [1.82, 2.24) is 0 Å². The number of carboxylic acids is 1. The van der Waals surface area contributed by atoms with E-state index in [1.54, 1.807) is 0 Å². The number of rotatable bonds is 57. The number of ether oxygens (including phenoxy) is 4. The molecule has 0 rings (SSSR count). The summed E-state index contributed by atoms with van der Waals surface area (Å²) < 4.78 is 22.9. The maximum atomic E-state index is 12.9. The normalized spacial score (nSPS) is 13.6. The van der Waals surface area contributed by atoms with Gasteiger partial charge < -0.3 is 28.5 Å². The Kier molecular flexibility index (Phi) is 56.5. The molecule has 0 spiro atoms. The molecule has 0 amide bonds. The van der Waals surface area contributed by atoms with Crippen molar-refractivity contribution in [3.63, 3.8) is 0 Å². The van der Waals surface area contributed by atoms with E-state index in [0.29, 0.717) is 17.4 Å². The van der Waals surface area contributed by atoms with E-state index < -0.39 is 24.3 Å². The van der Waals surface area contributed by atoms with Crippen molar-refractivity contribution in [2.45, 2.75) is 257 Å². The lowest BCUT2D eigenvalue weighted by molar-refractivity contribution is -0.870. The predicted octanol–water partition coefficient (Wildman–Crippen LogP) is 19.2. The van der Waals surface area contributed by atoms with Gasteiger partial charge in [-0.2, -0.15) is 0 Å². The molecule has 0 aliphatic carbocycles. The highest BCUT2D eigenvalue weighted by Gasteiger charge is 2.25. The standard InChI is InChI=1S/C70H117NO8/c1-6-8-10-12-14-16-18-20-22-24-26-28-29-30-31-32-33-34-35-36-37-38-39-41-43-45-47-49-51-53-55-57-59-61-68(73)79-66(65-78-70(69(74)75)76-63-62-71(3,4)5)64-77-67(72)60-58-56-54-52-50-48-46-44-42-40-27-25-23-21-19-17-15-13-11-9-7-2/h8,10,14,16,20,22,26,28,30-31,33-34,36-37,39,41,45,47,51,53,66,70H,6-7,9,11-13,15,17-19,21,23-25,27,29,32,35,38,40,42-44,46,48-50,52,54-65H2,1-5H3/p+1/b10-8-,16-14-,22-20-,28-26-,31-30-,34-33-,37-36-,41-39-,47-45-,53-51-. The van der Waals surface area contributed by atoms with Crippen LogP contribution in [0, 0.1) is 0 Å². The molecule has 79 heavy (non-hydrogen) atoms. The smallest absolute Gasteiger partial charge is 0.361 e. The third kappa shape index (κ3) is 61.2. The molecule has 0 saturated carbocycles. The Morgan fingerprint density at radius 1 is 0.392 bits per heavy atom. The maximum Gasteiger partial charge on any atom is 0.361 e. The number of carboxylic acid groups (broad SMARTS) is 1. The summed E-state index contributed by atoms with van der Waals surface area (Å²) in [6.07, 6.45) is 81.5. The molecule has 0 aromatic carbocycles. The molecule has 0 fully saturated rings. The van der Waals surface area contributed by atoms with Gasteiger partial charge in [-0.25, -0.2) is 4.79 Å². The Balaban J connectivity index is 4.32. The minimum absolute atomic E-state index is 0.174. The van der Waals surface area contributed by atoms with Gasteiger partial charge in [0, 0.05) is 12.8 Å². The maximum absolute atomic E-state index is 12.9. The molecule has 2 unspecified atom stereocenters. The molecule has 0 aromatic heterocycles. The largest absolute Gasteiger partial charge is 0.477 e. The third-order valence-corrected chi connectivity index (χ3v) is 13.2. The van der Waals surface area contributed by atoms with Crippen molar-refractivity contribution in [1.29, 1.82) is 0 Å². The minimum atomic E-state index is -1.53. The van der Waals surface area contributed by atoms with Crippen LogP contribution in [0.3, 0.4) is 0 Å². The fraction of sp³-hybridized carbons (Fsp3) is 0.671. The van der Waals surface area contributed by atoms with Gasteiger partial charge in [-0.15, -0.1) is 0 Å². The van der Waals surface area contributed by atoms with Crippen LogP contribution in [-0.2, 0) is 33.3 Å². The summed E-state index contributed by atoms with van der Waals surface area (Å²) in [6.45, 7) is 4.72. The molecule has 9 heteroatoms. The SMILES string of the molecule is CC/C=C\C/C=C\C/C=C\C/C=C\C/C=C\C/C=C\C/C=C\C/C=C\C/C=C\C/C=C\CCCCC(=O)OC(COC(=O)CCCCCCCCCCCCCCCCCCCCCCC)COC(OCC[N+](C)(C)C)C(=O)O. The molecular formula is C70H118NO8+. The number of likely N-dealkylation sites (N-methyl/N-ethyl adjacent to an activating group) is 1. The van der Waals surface area contributed by atoms with Gasteiger partial charge in [0.1, 0.15) is 13.2 Å². The van der Waals surface area contributed by atoms with Crippen LogP contribution in [-0.4, -0.2) is 87.4 Å². The second-order valence-corrected chi connectivity index (χ2v) is 22.0. The summed E-state index contributed by atoms with van der Waals surface area (Å²) in [5.74, 6) is -2.07. The van der Waals surface area contributed by atoms with Gasteiger partial charge in [-0.05, 0) is 89.9 Å². The van der Waals surface area contributed by atoms with E-state index in [1.165, 1.54) is 116 Å². The lowest BCUT2D eigenvalue weighted by atomic mass is 10.0. The van der Waals surface area contributed by atoms with Crippen molar-refractivity contribution in [3.05, 3.63) is 122 Å². The number of hydrogen-bond donors (Lipinski definition) is 1. The highest BCUT2D eigenvalue weighted by molar-refractivity contribution is 5.71. The second-order valence-electron chi connectivity index (χ2n) is 22.0. The topological polar surface area (TPSA) is 108 Å². The molecule has 9 nitrogen and oxygen atoms in total. The molecule has 0 radical (unpaired) electrons. The molecule has 0 aromatic rings. The molecular weight excluding hydrogens is 983 g/mol. The van der Waals surface area contributed by atoms with Crippen LogP contribution in [0.1, 0.15) is 245 Å². The van der Waals surface area contributed by atoms with Crippen LogP contribution < -0.4 is 0 Å². The highest BCUT2D eigenvalue weighted by atomic mass is 16.7. The zero-order valence-electron chi connectivity index (χ0n) is 51.2. The van der Waals surface area contributed by atoms with Crippen molar-refractivity contribution < 1.29 is 42.9 Å². The van der Waals surface area contributed by atoms with Gasteiger partial charge in [0.25, 0.3) is 6.29 Å². The van der Waals surface area contributed by atoms with Crippen LogP contribution in [0.4, 0.5) is 0 Å². The van der Waals surface area contributed by atoms with Crippen LogP contribution in [0.2, 0.25) is 0 Å². The molecule has 2 atom stereocenters. The number of esters is 2. The number of nitrogens with zero attached hydrogens (tertiary/aromatic N) is 1. The number of carbonyl (C=O) groups excluding carboxylic acids is 2. The summed E-state index contributed by atoms with van der Waals surface area (Å²) in [6, 6.07) is 0. The molecule has 0 heterocycles. The molecule has 0 aliphatic rings. The van der Waals surface area contributed by atoms with Gasteiger partial charge in [0.15, 0.2) is 6.10 Å². The molecule has 0 bridgehead atoms. The molecule has 1 N–H and O–H groups in total. The van der Waals surface area contributed by atoms with Crippen molar-refractivity contribution in [3.8, 4) is 0 Å². The van der Waals surface area contributed by atoms with Gasteiger partial charge in [0.05, 0.1) is 34.4 Å². The Bertz CT molecular complexity index is 1710. The summed E-state index contributed by atoms with van der Waals surface area (Å²) in [5.41, 5.74) is 0. The number of quaternary nitrogens is 1. The average molecular weight is 1100 g/mol. The van der Waals surface area contributed by atoms with E-state index in [-0.39, 0.29) is 38.6 Å². The van der Waals surface area contributed by atoms with E-state index in [0.717, 1.165) is 96.3 Å². The van der Waals surface area contributed by atoms with E-state index in [4.69, 9.17) is 18.9 Å². The van der Waals surface area contributed by atoms with Crippen LogP contribution in [0.25, 0.3) is 0 Å².